The van der Waals surface area contributed by atoms with Gasteiger partial charge in [-0.3, -0.25) is 0 Å². The molecule has 5 heteroatoms. The lowest BCUT2D eigenvalue weighted by atomic mass is 10.2. The number of benzene rings is 2. The summed E-state index contributed by atoms with van der Waals surface area (Å²) in [7, 11) is 0. The van der Waals surface area contributed by atoms with Gasteiger partial charge in [-0.25, -0.2) is 4.98 Å². The summed E-state index contributed by atoms with van der Waals surface area (Å²) in [5.41, 5.74) is 6.52. The first kappa shape index (κ1) is 12.7. The lowest BCUT2D eigenvalue weighted by Crippen LogP contribution is -1.99. The van der Waals surface area contributed by atoms with E-state index in [4.69, 9.17) is 10.5 Å². The van der Waals surface area contributed by atoms with Crippen LogP contribution in [0.15, 0.2) is 53.4 Å². The molecule has 2 aromatic carbocycles. The van der Waals surface area contributed by atoms with Crippen molar-refractivity contribution in [3.8, 4) is 11.6 Å². The number of nitrogens with two attached hydrogens (primary N) is 1. The molecule has 0 bridgehead atoms. The normalized spacial score (nSPS) is 10.7. The van der Waals surface area contributed by atoms with Gasteiger partial charge in [-0.1, -0.05) is 24.3 Å². The van der Waals surface area contributed by atoms with E-state index in [-0.39, 0.29) is 5.95 Å². The number of aromatic nitrogens is 2. The Morgan fingerprint density at radius 1 is 1.00 bits per heavy atom. The van der Waals surface area contributed by atoms with Gasteiger partial charge in [0, 0.05) is 4.90 Å². The summed E-state index contributed by atoms with van der Waals surface area (Å²) < 4.78 is 5.94. The first-order valence-corrected chi connectivity index (χ1v) is 7.33. The lowest BCUT2D eigenvalue weighted by molar-refractivity contribution is 0.458. The molecule has 100 valence electrons. The number of thioether (sulfide) groups is 1. The van der Waals surface area contributed by atoms with Crippen molar-refractivity contribution in [2.45, 2.75) is 4.90 Å². The van der Waals surface area contributed by atoms with E-state index in [2.05, 4.69) is 9.97 Å². The molecule has 0 radical (unpaired) electrons. The summed E-state index contributed by atoms with van der Waals surface area (Å²) in [5.74, 6) is 1.46. The summed E-state index contributed by atoms with van der Waals surface area (Å²) >= 11 is 1.62. The summed E-state index contributed by atoms with van der Waals surface area (Å²) in [6.45, 7) is 0. The number of nitrogen functional groups attached to an aromatic ring is 1. The highest BCUT2D eigenvalue weighted by molar-refractivity contribution is 7.98. The smallest absolute Gasteiger partial charge is 0.232 e. The highest BCUT2D eigenvalue weighted by Crippen LogP contribution is 2.33. The fourth-order valence-corrected chi connectivity index (χ4v) is 2.48. The topological polar surface area (TPSA) is 61.0 Å². The molecule has 3 aromatic rings. The predicted octanol–water partition coefficient (Wildman–Crippen LogP) is 3.73. The molecule has 1 aromatic heterocycles. The maximum atomic E-state index is 5.94. The first-order valence-electron chi connectivity index (χ1n) is 6.11. The number of rotatable bonds is 3. The largest absolute Gasteiger partial charge is 0.437 e. The molecule has 0 aliphatic rings. The molecule has 0 saturated heterocycles. The van der Waals surface area contributed by atoms with Crippen LogP contribution in [-0.4, -0.2) is 16.2 Å². The Labute approximate surface area is 121 Å². The number of fused-ring (bicyclic) bond motifs is 1. The Morgan fingerprint density at radius 2 is 1.75 bits per heavy atom. The quantitative estimate of drug-likeness (QED) is 0.742. The van der Waals surface area contributed by atoms with E-state index >= 15 is 0 Å². The van der Waals surface area contributed by atoms with Gasteiger partial charge in [0.15, 0.2) is 0 Å². The third-order valence-electron chi connectivity index (χ3n) is 2.86. The summed E-state index contributed by atoms with van der Waals surface area (Å²) in [6, 6.07) is 15.5. The van der Waals surface area contributed by atoms with Crippen molar-refractivity contribution in [3.63, 3.8) is 0 Å². The Kier molecular flexibility index (Phi) is 3.43. The minimum Gasteiger partial charge on any atom is -0.437 e. The van der Waals surface area contributed by atoms with Gasteiger partial charge in [-0.2, -0.15) is 4.98 Å². The molecule has 3 rings (SSSR count). The summed E-state index contributed by atoms with van der Waals surface area (Å²) in [4.78, 5) is 9.46. The zero-order valence-corrected chi connectivity index (χ0v) is 11.7. The van der Waals surface area contributed by atoms with Crippen molar-refractivity contribution in [1.29, 1.82) is 0 Å². The van der Waals surface area contributed by atoms with Crippen LogP contribution in [0.3, 0.4) is 0 Å². The van der Waals surface area contributed by atoms with Gasteiger partial charge in [-0.15, -0.1) is 11.8 Å². The van der Waals surface area contributed by atoms with E-state index < -0.39 is 0 Å². The molecule has 4 nitrogen and oxygen atoms in total. The predicted molar refractivity (Wildman–Crippen MR) is 82.2 cm³/mol. The molecule has 0 atom stereocenters. The van der Waals surface area contributed by atoms with Gasteiger partial charge in [0.25, 0.3) is 0 Å². The number of nitrogens with zero attached hydrogens (tertiary/aromatic N) is 2. The van der Waals surface area contributed by atoms with Gasteiger partial charge in [0.1, 0.15) is 5.75 Å². The van der Waals surface area contributed by atoms with Crippen LogP contribution in [0.2, 0.25) is 0 Å². The van der Waals surface area contributed by atoms with Gasteiger partial charge < -0.3 is 10.5 Å². The van der Waals surface area contributed by atoms with E-state index in [0.29, 0.717) is 5.88 Å². The molecule has 1 heterocycles. The fraction of sp³-hybridized carbons (Fsp3) is 0.0667. The van der Waals surface area contributed by atoms with E-state index in [0.717, 1.165) is 21.5 Å². The van der Waals surface area contributed by atoms with Crippen LogP contribution in [0.25, 0.3) is 10.9 Å². The Morgan fingerprint density at radius 3 is 2.60 bits per heavy atom. The van der Waals surface area contributed by atoms with Crippen molar-refractivity contribution in [2.75, 3.05) is 12.0 Å². The van der Waals surface area contributed by atoms with Crippen LogP contribution >= 0.6 is 11.8 Å². The standard InChI is InChI=1S/C15H13N3OS/c1-20-13-9-5-4-8-12(13)19-14-10-6-2-3-7-11(10)17-15(16)18-14/h2-9H,1H3,(H2,16,17,18). The fourth-order valence-electron chi connectivity index (χ4n) is 1.95. The number of para-hydroxylation sites is 2. The molecule has 0 aliphatic heterocycles. The van der Waals surface area contributed by atoms with Crippen molar-refractivity contribution in [2.24, 2.45) is 0 Å². The number of ether oxygens (including phenoxy) is 1. The summed E-state index contributed by atoms with van der Waals surface area (Å²) in [5, 5.41) is 0.845. The molecular weight excluding hydrogens is 270 g/mol. The van der Waals surface area contributed by atoms with Crippen LogP contribution in [0.1, 0.15) is 0 Å². The van der Waals surface area contributed by atoms with E-state index in [1.165, 1.54) is 0 Å². The van der Waals surface area contributed by atoms with Crippen LogP contribution in [0.5, 0.6) is 11.6 Å². The SMILES string of the molecule is CSc1ccccc1Oc1nc(N)nc2ccccc12. The highest BCUT2D eigenvalue weighted by atomic mass is 32.2. The zero-order chi connectivity index (χ0) is 13.9. The van der Waals surface area contributed by atoms with Crippen molar-refractivity contribution < 1.29 is 4.74 Å². The molecule has 0 saturated carbocycles. The van der Waals surface area contributed by atoms with Crippen LogP contribution < -0.4 is 10.5 Å². The van der Waals surface area contributed by atoms with E-state index in [9.17, 15) is 0 Å². The second kappa shape index (κ2) is 5.38. The van der Waals surface area contributed by atoms with Crippen molar-refractivity contribution in [1.82, 2.24) is 9.97 Å². The van der Waals surface area contributed by atoms with Crippen LogP contribution in [-0.2, 0) is 0 Å². The highest BCUT2D eigenvalue weighted by Gasteiger charge is 2.10. The van der Waals surface area contributed by atoms with Crippen molar-refractivity contribution >= 4 is 28.6 Å². The third kappa shape index (κ3) is 2.40. The van der Waals surface area contributed by atoms with Gasteiger partial charge >= 0.3 is 0 Å². The van der Waals surface area contributed by atoms with E-state index in [1.807, 2.05) is 54.8 Å². The molecule has 0 spiro atoms. The molecule has 2 N–H and O–H groups in total. The number of anilines is 1. The van der Waals surface area contributed by atoms with Gasteiger partial charge in [-0.05, 0) is 30.5 Å². The first-order chi connectivity index (χ1) is 9.78. The Hall–Kier alpha value is -2.27. The number of hydrogen-bond donors (Lipinski definition) is 1. The van der Waals surface area contributed by atoms with E-state index in [1.54, 1.807) is 11.8 Å². The molecule has 0 fully saturated rings. The summed E-state index contributed by atoms with van der Waals surface area (Å²) in [6.07, 6.45) is 2.01. The Balaban J connectivity index is 2.10. The minimum absolute atomic E-state index is 0.209. The molecule has 0 aliphatic carbocycles. The monoisotopic (exact) mass is 283 g/mol. The second-order valence-corrected chi connectivity index (χ2v) is 5.01. The third-order valence-corrected chi connectivity index (χ3v) is 3.64. The lowest BCUT2D eigenvalue weighted by Gasteiger charge is -2.10. The maximum absolute atomic E-state index is 5.94. The molecule has 0 unspecified atom stereocenters. The second-order valence-electron chi connectivity index (χ2n) is 4.16. The van der Waals surface area contributed by atoms with Crippen molar-refractivity contribution in [3.05, 3.63) is 48.5 Å². The maximum Gasteiger partial charge on any atom is 0.232 e. The van der Waals surface area contributed by atoms with Gasteiger partial charge in [0.2, 0.25) is 11.8 Å². The van der Waals surface area contributed by atoms with Gasteiger partial charge in [0.05, 0.1) is 10.9 Å². The van der Waals surface area contributed by atoms with Crippen LogP contribution in [0, 0.1) is 0 Å². The zero-order valence-electron chi connectivity index (χ0n) is 10.9. The Bertz CT molecular complexity index is 761. The van der Waals surface area contributed by atoms with Crippen LogP contribution in [0.4, 0.5) is 5.95 Å². The average Bonchev–Trinajstić information content (AvgIpc) is 2.47. The minimum atomic E-state index is 0.209. The molecular formula is C15H13N3OS. The average molecular weight is 283 g/mol. The molecule has 0 amide bonds. The molecule has 20 heavy (non-hydrogen) atoms. The number of hydrogen-bond acceptors (Lipinski definition) is 5.